The van der Waals surface area contributed by atoms with E-state index in [0.717, 1.165) is 202 Å². The predicted molar refractivity (Wildman–Crippen MR) is 555 cm³/mol. The Labute approximate surface area is 858 Å². The van der Waals surface area contributed by atoms with Gasteiger partial charge in [-0.2, -0.15) is 29.4 Å². The largest absolute Gasteiger partial charge is 0.459 e. The molecule has 7 unspecified atom stereocenters. The van der Waals surface area contributed by atoms with Crippen LogP contribution in [0.4, 0.5) is 38.7 Å². The molecule has 50 heteroatoms. The summed E-state index contributed by atoms with van der Waals surface area (Å²) in [6.07, 6.45) is 27.8. The van der Waals surface area contributed by atoms with Gasteiger partial charge in [0, 0.05) is 47.6 Å². The number of aliphatic hydroxyl groups is 5. The minimum absolute atomic E-state index is 0.0536. The van der Waals surface area contributed by atoms with Gasteiger partial charge in [0.25, 0.3) is 0 Å². The number of nitrogen functional groups attached to an aromatic ring is 3. The van der Waals surface area contributed by atoms with Gasteiger partial charge in [0.05, 0.1) is 87.9 Å². The normalized spacial score (nSPS) is 16.9. The first-order chi connectivity index (χ1) is 70.1. The number of rotatable bonds is 40. The summed E-state index contributed by atoms with van der Waals surface area (Å²) >= 11 is 3.38. The number of anilines is 5. The van der Waals surface area contributed by atoms with E-state index in [9.17, 15) is 39.9 Å². The number of aromatic nitrogens is 20. The molecule has 10 aromatic heterocycles. The van der Waals surface area contributed by atoms with E-state index >= 15 is 0 Å². The maximum atomic E-state index is 12.4. The highest BCUT2D eigenvalue weighted by atomic mass is 79.9. The first-order valence-electron chi connectivity index (χ1n) is 51.9. The number of hydrogen-bond donors (Lipinski definition) is 13. The number of halogens is 1. The zero-order valence-corrected chi connectivity index (χ0v) is 87.5. The van der Waals surface area contributed by atoms with Crippen molar-refractivity contribution in [1.29, 1.82) is 0 Å². The summed E-state index contributed by atoms with van der Waals surface area (Å²) in [5, 5.41) is 84.6. The highest BCUT2D eigenvalue weighted by molar-refractivity contribution is 9.10. The number of carbonyl (C=O) groups is 3. The molecule has 144 heavy (non-hydrogen) atoms. The number of nitrogens with one attached hydrogen (secondary N) is 5. The van der Waals surface area contributed by atoms with E-state index in [4.69, 9.17) is 68.7 Å². The lowest BCUT2D eigenvalue weighted by Gasteiger charge is -2.35. The number of imidazole rings is 5. The molecule has 15 heterocycles. The van der Waals surface area contributed by atoms with Gasteiger partial charge in [-0.3, -0.25) is 0 Å². The van der Waals surface area contributed by atoms with E-state index < -0.39 is 23.4 Å². The molecule has 0 aliphatic carbocycles. The summed E-state index contributed by atoms with van der Waals surface area (Å²) in [5.74, 6) is 2.77. The number of fused-ring (bicyclic) bond motifs is 5. The second kappa shape index (κ2) is 58.1. The van der Waals surface area contributed by atoms with Crippen molar-refractivity contribution in [3.05, 3.63) is 58.4 Å². The van der Waals surface area contributed by atoms with Crippen molar-refractivity contribution < 1.29 is 75.9 Å². The van der Waals surface area contributed by atoms with Gasteiger partial charge in [0.1, 0.15) is 64.8 Å². The van der Waals surface area contributed by atoms with Gasteiger partial charge < -0.3 is 117 Å². The first-order valence-corrected chi connectivity index (χ1v) is 51.8. The number of likely N-dealkylation sites (tertiary alicyclic amines) is 2. The van der Waals surface area contributed by atoms with Crippen molar-refractivity contribution in [2.45, 2.75) is 298 Å². The standard InChI is InChI=1S/C23H37B2N6O4.C16H26N6O3.2C16H26N6O2.C12H17B2BrN5O.C11H19NO3/c1-6-8-16(7-2)34-21-28-19(27-14-25-24)20-26-13-17(31(20)29-21)18(32)15-9-11-30(12-10-15)22(33)35-23(3,4)5;1-2-3-11(9-23)25-16-20-14(17)15-19-8-12(22(15)21-16)13(24)10-4-6-18-7-5-10;2*1-2-3-13(10-23)24-16-20-14(17)15-19-9-12(22(15)21-16)8-11-4-6-18-7-5-11;1-3-5-8(4-2)21-12-18-10(17-7-14-13)11-16-6-9(15)20(11)19-12;1-11(2,3)15-10(14)12-6-4-9(8-13)5-7-12/h13,15-16,18,32H,6-12,14H2,1-5H3,(H,27,28,29);8,10-11,13,18,23-24H,2-7,9H2,1H3,(H2,17,20,21);2*9,11,13,18,23H,2-8,10H2,1H3,(H2,17,20,21);6,8H,3-5,7H2,1-2H3,(H,17,18,19);8-9H,4-7H2,1-3H3/i/hD2. The van der Waals surface area contributed by atoms with Crippen LogP contribution in [-0.2, 0) is 27.1 Å². The topological polar surface area (TPSA) is 577 Å². The van der Waals surface area contributed by atoms with Crippen LogP contribution in [0.15, 0.2) is 35.6 Å². The minimum Gasteiger partial charge on any atom is -0.459 e. The van der Waals surface area contributed by atoms with Crippen LogP contribution in [0.3, 0.4) is 0 Å². The molecule has 0 spiro atoms. The fourth-order valence-corrected chi connectivity index (χ4v) is 17.5. The highest BCUT2D eigenvalue weighted by Crippen LogP contribution is 2.36. The number of hydrogen-bond acceptors (Lipinski definition) is 38. The molecule has 0 saturated carbocycles. The fourth-order valence-electron chi connectivity index (χ4n) is 17.1. The predicted octanol–water partition coefficient (Wildman–Crippen LogP) is 8.61. The molecule has 7 atom stereocenters. The molecule has 15 rings (SSSR count). The summed E-state index contributed by atoms with van der Waals surface area (Å²) in [4.78, 5) is 80.7. The third kappa shape index (κ3) is 34.2. The van der Waals surface area contributed by atoms with E-state index in [1.165, 1.54) is 23.4 Å². The van der Waals surface area contributed by atoms with Crippen LogP contribution >= 0.6 is 15.9 Å². The number of nitrogens with zero attached hydrogens (tertiary/aromatic N) is 22. The second-order valence-electron chi connectivity index (χ2n) is 38.6. The fraction of sp³-hybridized carbons (Fsp3) is 0.702. The summed E-state index contributed by atoms with van der Waals surface area (Å²) in [7, 11) is 13.7. The second-order valence-corrected chi connectivity index (χ2v) is 39.4. The van der Waals surface area contributed by atoms with Crippen LogP contribution in [0.5, 0.6) is 30.1 Å². The molecule has 16 N–H and O–H groups in total. The van der Waals surface area contributed by atoms with E-state index in [2.05, 4.69) is 128 Å². The number of ether oxygens (including phenoxy) is 7. The third-order valence-electron chi connectivity index (χ3n) is 24.9. The Bertz CT molecular complexity index is 5510. The van der Waals surface area contributed by atoms with Gasteiger partial charge in [0.2, 0.25) is 0 Å². The smallest absolute Gasteiger partial charge is 0.410 e. The van der Waals surface area contributed by atoms with Crippen molar-refractivity contribution in [3.63, 3.8) is 0 Å². The number of carbonyl (C=O) groups excluding carboxylic acids is 3. The summed E-state index contributed by atoms with van der Waals surface area (Å²) in [6.45, 7) is 33.4. The molecule has 2 amide bonds. The Morgan fingerprint density at radius 2 is 0.778 bits per heavy atom. The van der Waals surface area contributed by atoms with Gasteiger partial charge in [-0.25, -0.2) is 52.6 Å². The quantitative estimate of drug-likeness (QED) is 0.0126. The van der Waals surface area contributed by atoms with Crippen LogP contribution in [0.1, 0.15) is 266 Å². The van der Waals surface area contributed by atoms with Crippen molar-refractivity contribution in [3.8, 4) is 30.1 Å². The van der Waals surface area contributed by atoms with E-state index in [0.29, 0.717) is 119 Å². The minimum atomic E-state index is -0.866. The molecule has 5 aliphatic heterocycles. The SMILES string of the molecule is CC(C)(C)OC(=O)N1CCC(C=O)CC1.CCCC(CO)Oc1nc(N)c2ncc(C(O)C3CCNCC3)n2n1.CCCC(CO)Oc1nc(N)c2ncc(CC3CCNCC3)n2n1.CCCC(CO)Oc1nc(N)c2ncc(CC3CCNCC3)n2n1.[2H]N(C[B][B])c1nc(OC(CC)CCC)nn2c(Br)cnc12.[2H]N(C[B][B])c1nc(OC(CC)CCC)nn2c(C(O)C3CCN(C(=O)OC(C)(C)C)CC3)cnc12. The molecule has 5 saturated heterocycles. The Morgan fingerprint density at radius 3 is 1.15 bits per heavy atom. The molecule has 5 fully saturated rings. The average Bonchev–Trinajstić information content (AvgIpc) is 1.64. The average molecular weight is 2070 g/mol. The molecule has 45 nitrogen and oxygen atoms in total. The first kappa shape index (κ1) is 112. The van der Waals surface area contributed by atoms with Gasteiger partial charge in [0.15, 0.2) is 60.1 Å². The Hall–Kier alpha value is -10.6. The van der Waals surface area contributed by atoms with Crippen molar-refractivity contribution in [2.75, 3.05) is 126 Å². The maximum Gasteiger partial charge on any atom is 0.410 e. The number of aliphatic hydroxyl groups excluding tert-OH is 5. The lowest BCUT2D eigenvalue weighted by molar-refractivity contribution is -0.112. The van der Waals surface area contributed by atoms with Gasteiger partial charge >= 0.3 is 42.2 Å². The zero-order chi connectivity index (χ0) is 106. The molecule has 0 aromatic carbocycles. The molecular weight excluding hydrogens is 1910 g/mol. The molecule has 5 aliphatic rings. The summed E-state index contributed by atoms with van der Waals surface area (Å²) in [5.41, 5.74) is 22.4. The number of piperidine rings is 5. The van der Waals surface area contributed by atoms with Gasteiger partial charge in [-0.1, -0.05) is 80.6 Å². The van der Waals surface area contributed by atoms with Crippen molar-refractivity contribution in [1.82, 2.24) is 124 Å². The van der Waals surface area contributed by atoms with Crippen LogP contribution in [0.2, 0.25) is 2.82 Å². The Kier molecular flexibility index (Phi) is 45.2. The highest BCUT2D eigenvalue weighted by Gasteiger charge is 2.36. The van der Waals surface area contributed by atoms with Crippen molar-refractivity contribution >= 4 is 122 Å². The summed E-state index contributed by atoms with van der Waals surface area (Å²) < 4.78 is 64.8. The summed E-state index contributed by atoms with van der Waals surface area (Å²) in [6, 6.07) is 0.817. The van der Waals surface area contributed by atoms with Crippen molar-refractivity contribution in [2.24, 2.45) is 29.6 Å². The van der Waals surface area contributed by atoms with Crippen LogP contribution < -0.4 is 67.5 Å². The van der Waals surface area contributed by atoms with Crippen LogP contribution in [0, 0.1) is 29.6 Å². The third-order valence-corrected chi connectivity index (χ3v) is 25.4. The molecule has 786 valence electrons. The Balaban J connectivity index is 0.000000182. The molecule has 10 aromatic rings. The van der Waals surface area contributed by atoms with Crippen LogP contribution in [-0.4, -0.2) is 321 Å². The monoisotopic (exact) mass is 2070 g/mol. The van der Waals surface area contributed by atoms with E-state index in [-0.39, 0.29) is 135 Å². The molecule has 0 bridgehead atoms. The van der Waals surface area contributed by atoms with Gasteiger partial charge in [-0.05, 0) is 255 Å². The maximum absolute atomic E-state index is 12.4. The van der Waals surface area contributed by atoms with Gasteiger partial charge in [-0.15, -0.1) is 25.5 Å². The number of amides is 2. The van der Waals surface area contributed by atoms with E-state index in [1.807, 2.05) is 81.6 Å². The lowest BCUT2D eigenvalue weighted by Crippen LogP contribution is -2.42. The molecular formula is C94H151B4BrN30O15. The van der Waals surface area contributed by atoms with Crippen LogP contribution in [0.25, 0.3) is 28.2 Å². The molecule has 6 radical (unpaired) electrons. The lowest BCUT2D eigenvalue weighted by atomic mass is 9.56. The number of aldehydes is 1. The van der Waals surface area contributed by atoms with E-state index in [1.54, 1.807) is 41.9 Å². The number of nitrogens with two attached hydrogens (primary N) is 3. The zero-order valence-electron chi connectivity index (χ0n) is 87.9. The Morgan fingerprint density at radius 1 is 0.465 bits per heavy atom.